The minimum Gasteiger partial charge on any atom is -0.394 e. The average molecular weight is 329 g/mol. The second kappa shape index (κ2) is 12.3. The molecule has 0 unspecified atom stereocenters. The van der Waals surface area contributed by atoms with Gasteiger partial charge in [0.2, 0.25) is 0 Å². The summed E-state index contributed by atoms with van der Waals surface area (Å²) in [5, 5.41) is 9.35. The molecule has 1 rings (SSSR count). The zero-order chi connectivity index (χ0) is 17.0. The first kappa shape index (κ1) is 20.9. The van der Waals surface area contributed by atoms with E-state index in [1.165, 1.54) is 77.0 Å². The highest BCUT2D eigenvalue weighted by atomic mass is 16.8. The highest BCUT2D eigenvalue weighted by Gasteiger charge is 2.40. The number of rotatable bonds is 14. The molecule has 1 saturated heterocycles. The van der Waals surface area contributed by atoms with Crippen LogP contribution in [0.2, 0.25) is 0 Å². The first-order valence-corrected chi connectivity index (χ1v) is 10.1. The van der Waals surface area contributed by atoms with E-state index >= 15 is 0 Å². The summed E-state index contributed by atoms with van der Waals surface area (Å²) < 4.78 is 11.6. The first-order chi connectivity index (χ1) is 11.1. The smallest absolute Gasteiger partial charge is 0.163 e. The lowest BCUT2D eigenvalue weighted by Crippen LogP contribution is -2.26. The molecule has 0 radical (unpaired) electrons. The van der Waals surface area contributed by atoms with Crippen LogP contribution in [0, 0.1) is 0 Å². The van der Waals surface area contributed by atoms with Crippen LogP contribution in [0.15, 0.2) is 0 Å². The molecule has 1 aliphatic rings. The number of aliphatic hydroxyl groups is 1. The predicted octanol–water partition coefficient (Wildman–Crippen LogP) is 5.59. The molecule has 1 aliphatic heterocycles. The Morgan fingerprint density at radius 3 is 1.61 bits per heavy atom. The lowest BCUT2D eigenvalue weighted by molar-refractivity contribution is -0.149. The Morgan fingerprint density at radius 2 is 1.13 bits per heavy atom. The van der Waals surface area contributed by atoms with Crippen LogP contribution in [0.4, 0.5) is 0 Å². The van der Waals surface area contributed by atoms with Gasteiger partial charge in [-0.05, 0) is 20.3 Å². The van der Waals surface area contributed by atoms with E-state index in [2.05, 4.69) is 6.92 Å². The maximum Gasteiger partial charge on any atom is 0.163 e. The molecule has 0 bridgehead atoms. The summed E-state index contributed by atoms with van der Waals surface area (Å²) >= 11 is 0. The molecule has 138 valence electrons. The van der Waals surface area contributed by atoms with Crippen molar-refractivity contribution < 1.29 is 14.6 Å². The summed E-state index contributed by atoms with van der Waals surface area (Å²) in [5.41, 5.74) is 0. The van der Waals surface area contributed by atoms with Gasteiger partial charge in [-0.25, -0.2) is 0 Å². The molecule has 3 heteroatoms. The van der Waals surface area contributed by atoms with Gasteiger partial charge >= 0.3 is 0 Å². The van der Waals surface area contributed by atoms with Crippen LogP contribution in [0.5, 0.6) is 0 Å². The molecule has 0 aromatic heterocycles. The van der Waals surface area contributed by atoms with Gasteiger partial charge in [-0.2, -0.15) is 0 Å². The molecule has 0 aliphatic carbocycles. The van der Waals surface area contributed by atoms with Crippen molar-refractivity contribution in [3.8, 4) is 0 Å². The van der Waals surface area contributed by atoms with Gasteiger partial charge in [-0.1, -0.05) is 84.0 Å². The predicted molar refractivity (Wildman–Crippen MR) is 96.6 cm³/mol. The highest BCUT2D eigenvalue weighted by molar-refractivity contribution is 4.80. The monoisotopic (exact) mass is 328 g/mol. The van der Waals surface area contributed by atoms with Crippen LogP contribution in [0.25, 0.3) is 0 Å². The topological polar surface area (TPSA) is 38.7 Å². The molecule has 2 atom stereocenters. The minimum atomic E-state index is -0.533. The Balaban J connectivity index is 1.88. The van der Waals surface area contributed by atoms with Crippen LogP contribution in [0.3, 0.4) is 0 Å². The third kappa shape index (κ3) is 9.69. The normalized spacial score (nSPS) is 23.5. The first-order valence-electron chi connectivity index (χ1n) is 10.1. The van der Waals surface area contributed by atoms with E-state index in [-0.39, 0.29) is 18.8 Å². The van der Waals surface area contributed by atoms with Crippen molar-refractivity contribution in [3.63, 3.8) is 0 Å². The van der Waals surface area contributed by atoms with Crippen LogP contribution in [-0.2, 0) is 9.47 Å². The largest absolute Gasteiger partial charge is 0.394 e. The van der Waals surface area contributed by atoms with Crippen LogP contribution >= 0.6 is 0 Å². The van der Waals surface area contributed by atoms with Gasteiger partial charge in [-0.15, -0.1) is 0 Å². The molecule has 0 aromatic carbocycles. The Bertz CT molecular complexity index is 278. The molecule has 3 nitrogen and oxygen atoms in total. The molecule has 0 aromatic rings. The van der Waals surface area contributed by atoms with Crippen LogP contribution in [-0.4, -0.2) is 29.7 Å². The van der Waals surface area contributed by atoms with Crippen molar-refractivity contribution >= 4 is 0 Å². The summed E-state index contributed by atoms with van der Waals surface area (Å²) in [6.45, 7) is 6.19. The van der Waals surface area contributed by atoms with E-state index < -0.39 is 5.79 Å². The molecular formula is C20H40O3. The van der Waals surface area contributed by atoms with Gasteiger partial charge in [0, 0.05) is 0 Å². The third-order valence-electron chi connectivity index (χ3n) is 4.81. The lowest BCUT2D eigenvalue weighted by atomic mass is 10.0. The van der Waals surface area contributed by atoms with Gasteiger partial charge in [0.25, 0.3) is 0 Å². The van der Waals surface area contributed by atoms with E-state index in [4.69, 9.17) is 9.47 Å². The Labute approximate surface area is 144 Å². The number of hydrogen-bond donors (Lipinski definition) is 1. The molecule has 23 heavy (non-hydrogen) atoms. The van der Waals surface area contributed by atoms with E-state index in [0.717, 1.165) is 6.42 Å². The fourth-order valence-electron chi connectivity index (χ4n) is 3.49. The summed E-state index contributed by atoms with van der Waals surface area (Å²) in [5.74, 6) is -0.533. The zero-order valence-electron chi connectivity index (χ0n) is 15.8. The summed E-state index contributed by atoms with van der Waals surface area (Å²) in [6, 6.07) is 0. The highest BCUT2D eigenvalue weighted by Crippen LogP contribution is 2.30. The summed E-state index contributed by atoms with van der Waals surface area (Å²) in [7, 11) is 0. The van der Waals surface area contributed by atoms with Crippen molar-refractivity contribution in [1.82, 2.24) is 0 Å². The van der Waals surface area contributed by atoms with Gasteiger partial charge < -0.3 is 14.6 Å². The van der Waals surface area contributed by atoms with Gasteiger partial charge in [0.05, 0.1) is 12.7 Å². The van der Waals surface area contributed by atoms with Crippen LogP contribution in [0.1, 0.15) is 104 Å². The average Bonchev–Trinajstić information content (AvgIpc) is 2.82. The second-order valence-electron chi connectivity index (χ2n) is 7.57. The van der Waals surface area contributed by atoms with Crippen molar-refractivity contribution in [2.75, 3.05) is 6.61 Å². The van der Waals surface area contributed by atoms with Crippen LogP contribution < -0.4 is 0 Å². The molecule has 0 saturated carbocycles. The molecule has 1 N–H and O–H groups in total. The Hall–Kier alpha value is -0.120. The van der Waals surface area contributed by atoms with E-state index in [9.17, 15) is 5.11 Å². The third-order valence-corrected chi connectivity index (χ3v) is 4.81. The van der Waals surface area contributed by atoms with Gasteiger partial charge in [0.15, 0.2) is 5.79 Å². The van der Waals surface area contributed by atoms with Crippen molar-refractivity contribution in [1.29, 1.82) is 0 Å². The second-order valence-corrected chi connectivity index (χ2v) is 7.57. The molecule has 1 heterocycles. The van der Waals surface area contributed by atoms with Crippen molar-refractivity contribution in [2.45, 2.75) is 122 Å². The number of unbranched alkanes of at least 4 members (excludes halogenated alkanes) is 11. The number of ether oxygens (including phenoxy) is 2. The fraction of sp³-hybridized carbons (Fsp3) is 1.00. The standard InChI is InChI=1S/C20H40O3/c1-4-5-6-7-8-9-10-11-12-13-14-15-16-18-19(17-21)23-20(2,3)22-18/h18-19,21H,4-17H2,1-3H3/t18-,19-/m0/s1. The number of aliphatic hydroxyl groups excluding tert-OH is 1. The summed E-state index contributed by atoms with van der Waals surface area (Å²) in [4.78, 5) is 0. The maximum absolute atomic E-state index is 9.35. The molecule has 1 fully saturated rings. The van der Waals surface area contributed by atoms with E-state index in [0.29, 0.717) is 0 Å². The fourth-order valence-corrected chi connectivity index (χ4v) is 3.49. The Morgan fingerprint density at radius 1 is 0.696 bits per heavy atom. The van der Waals surface area contributed by atoms with Gasteiger partial charge in [-0.3, -0.25) is 0 Å². The van der Waals surface area contributed by atoms with E-state index in [1.807, 2.05) is 13.8 Å². The maximum atomic E-state index is 9.35. The van der Waals surface area contributed by atoms with E-state index in [1.54, 1.807) is 0 Å². The van der Waals surface area contributed by atoms with Gasteiger partial charge in [0.1, 0.15) is 6.10 Å². The number of hydrogen-bond acceptors (Lipinski definition) is 3. The minimum absolute atomic E-state index is 0.0619. The molecular weight excluding hydrogens is 288 g/mol. The summed E-state index contributed by atoms with van der Waals surface area (Å²) in [6.07, 6.45) is 17.3. The van der Waals surface area contributed by atoms with Crippen molar-refractivity contribution in [3.05, 3.63) is 0 Å². The zero-order valence-corrected chi connectivity index (χ0v) is 15.8. The Kier molecular flexibility index (Phi) is 11.2. The lowest BCUT2D eigenvalue weighted by Gasteiger charge is -2.16. The SMILES string of the molecule is CCCCCCCCCCCCCC[C@@H]1OC(C)(C)O[C@H]1CO. The molecule has 0 amide bonds. The van der Waals surface area contributed by atoms with Crippen molar-refractivity contribution in [2.24, 2.45) is 0 Å². The quantitative estimate of drug-likeness (QED) is 0.422. The molecule has 0 spiro atoms.